The van der Waals surface area contributed by atoms with Crippen LogP contribution in [0.1, 0.15) is 30.4 Å². The monoisotopic (exact) mass is 520 g/mol. The van der Waals surface area contributed by atoms with E-state index >= 15 is 0 Å². The van der Waals surface area contributed by atoms with Crippen molar-refractivity contribution in [2.75, 3.05) is 26.7 Å². The first-order valence-electron chi connectivity index (χ1n) is 12.1. The molecular formula is C29H30F2N4OS. The van der Waals surface area contributed by atoms with E-state index in [-0.39, 0.29) is 11.6 Å². The van der Waals surface area contributed by atoms with Crippen molar-refractivity contribution in [1.29, 1.82) is 0 Å². The Labute approximate surface area is 220 Å². The third-order valence-corrected chi connectivity index (χ3v) is 7.04. The molecule has 0 radical (unpaired) electrons. The molecule has 1 aliphatic heterocycles. The van der Waals surface area contributed by atoms with Crippen molar-refractivity contribution in [3.05, 3.63) is 101 Å². The highest BCUT2D eigenvalue weighted by molar-refractivity contribution is 7.98. The maximum atomic E-state index is 13.6. The molecule has 0 saturated carbocycles. The van der Waals surface area contributed by atoms with E-state index in [2.05, 4.69) is 14.4 Å². The molecule has 192 valence electrons. The van der Waals surface area contributed by atoms with E-state index in [1.165, 1.54) is 41.8 Å². The topological polar surface area (TPSA) is 63.2 Å². The van der Waals surface area contributed by atoms with Gasteiger partial charge in [0.1, 0.15) is 17.4 Å². The Balaban J connectivity index is 1.36. The predicted molar refractivity (Wildman–Crippen MR) is 148 cm³/mol. The van der Waals surface area contributed by atoms with Crippen molar-refractivity contribution >= 4 is 29.4 Å². The SMILES string of the molecule is COc1ccc(S/N=C/C(CCN2CCC(=C(c3ccc(F)cc3)c3ccc(F)cc3)CC2)=N\N)cc1. The zero-order valence-electron chi connectivity index (χ0n) is 20.7. The van der Waals surface area contributed by atoms with Crippen LogP contribution in [0.4, 0.5) is 8.78 Å². The lowest BCUT2D eigenvalue weighted by molar-refractivity contribution is 0.264. The Morgan fingerprint density at radius 3 is 2.00 bits per heavy atom. The van der Waals surface area contributed by atoms with Crippen LogP contribution in [-0.4, -0.2) is 43.6 Å². The van der Waals surface area contributed by atoms with Gasteiger partial charge < -0.3 is 15.5 Å². The number of benzene rings is 3. The summed E-state index contributed by atoms with van der Waals surface area (Å²) in [6, 6.07) is 20.7. The highest BCUT2D eigenvalue weighted by Gasteiger charge is 2.19. The van der Waals surface area contributed by atoms with E-state index in [9.17, 15) is 8.78 Å². The van der Waals surface area contributed by atoms with E-state index in [1.807, 2.05) is 24.3 Å². The standard InChI is InChI=1S/C29H30F2N4OS/c1-36-27-10-12-28(13-11-27)37-33-20-26(34-32)16-19-35-17-14-23(15-18-35)29(21-2-6-24(30)7-3-21)22-4-8-25(31)9-5-22/h2-13,20H,14-19,32H2,1H3/b33-20+,34-26-. The smallest absolute Gasteiger partial charge is 0.123 e. The number of rotatable bonds is 9. The molecule has 5 nitrogen and oxygen atoms in total. The first kappa shape index (κ1) is 26.6. The van der Waals surface area contributed by atoms with Gasteiger partial charge in [-0.25, -0.2) is 13.2 Å². The normalized spacial score (nSPS) is 14.8. The number of halogens is 2. The Bertz CT molecular complexity index is 1200. The van der Waals surface area contributed by atoms with E-state index in [0.717, 1.165) is 65.5 Å². The Morgan fingerprint density at radius 2 is 1.49 bits per heavy atom. The number of likely N-dealkylation sites (tertiary alicyclic amines) is 1. The number of nitrogens with zero attached hydrogens (tertiary/aromatic N) is 3. The second-order valence-electron chi connectivity index (χ2n) is 8.71. The molecule has 1 aliphatic rings. The number of nitrogens with two attached hydrogens (primary N) is 1. The van der Waals surface area contributed by atoms with E-state index < -0.39 is 0 Å². The summed E-state index contributed by atoms with van der Waals surface area (Å²) in [6.45, 7) is 2.60. The van der Waals surface area contributed by atoms with Gasteiger partial charge in [-0.05, 0) is 78.1 Å². The summed E-state index contributed by atoms with van der Waals surface area (Å²) in [7, 11) is 1.64. The lowest BCUT2D eigenvalue weighted by Gasteiger charge is -2.30. The van der Waals surface area contributed by atoms with Crippen LogP contribution in [0.3, 0.4) is 0 Å². The van der Waals surface area contributed by atoms with Crippen molar-refractivity contribution in [2.24, 2.45) is 15.3 Å². The molecule has 37 heavy (non-hydrogen) atoms. The van der Waals surface area contributed by atoms with Crippen LogP contribution < -0.4 is 10.6 Å². The lowest BCUT2D eigenvalue weighted by Crippen LogP contribution is -2.33. The molecule has 1 heterocycles. The predicted octanol–water partition coefficient (Wildman–Crippen LogP) is 6.35. The molecule has 0 unspecified atom stereocenters. The van der Waals surface area contributed by atoms with Gasteiger partial charge in [0.15, 0.2) is 0 Å². The summed E-state index contributed by atoms with van der Waals surface area (Å²) >= 11 is 1.36. The van der Waals surface area contributed by atoms with Gasteiger partial charge in [-0.15, -0.1) is 0 Å². The average Bonchev–Trinajstić information content (AvgIpc) is 2.94. The van der Waals surface area contributed by atoms with Gasteiger partial charge >= 0.3 is 0 Å². The van der Waals surface area contributed by atoms with Crippen molar-refractivity contribution in [2.45, 2.75) is 24.2 Å². The Kier molecular flexibility index (Phi) is 9.46. The maximum Gasteiger partial charge on any atom is 0.123 e. The van der Waals surface area contributed by atoms with Crippen LogP contribution >= 0.6 is 11.9 Å². The van der Waals surface area contributed by atoms with Crippen molar-refractivity contribution < 1.29 is 13.5 Å². The van der Waals surface area contributed by atoms with Crippen LogP contribution in [0.15, 0.2) is 92.8 Å². The second kappa shape index (κ2) is 13.2. The molecule has 0 amide bonds. The molecule has 0 aromatic heterocycles. The molecule has 2 N–H and O–H groups in total. The molecule has 0 aliphatic carbocycles. The number of ether oxygens (including phenoxy) is 1. The molecule has 0 bridgehead atoms. The fourth-order valence-electron chi connectivity index (χ4n) is 4.32. The number of methoxy groups -OCH3 is 1. The lowest BCUT2D eigenvalue weighted by atomic mass is 9.88. The molecule has 0 spiro atoms. The van der Waals surface area contributed by atoms with Crippen molar-refractivity contribution in [1.82, 2.24) is 4.90 Å². The van der Waals surface area contributed by atoms with Crippen molar-refractivity contribution in [3.63, 3.8) is 0 Å². The molecule has 3 aromatic carbocycles. The minimum Gasteiger partial charge on any atom is -0.497 e. The number of hydrazone groups is 1. The van der Waals surface area contributed by atoms with E-state index in [4.69, 9.17) is 10.6 Å². The van der Waals surface area contributed by atoms with Crippen LogP contribution in [0.2, 0.25) is 0 Å². The highest BCUT2D eigenvalue weighted by atomic mass is 32.2. The van der Waals surface area contributed by atoms with Gasteiger partial charge in [0.25, 0.3) is 0 Å². The molecular weight excluding hydrogens is 490 g/mol. The zero-order valence-corrected chi connectivity index (χ0v) is 21.6. The number of hydrogen-bond acceptors (Lipinski definition) is 6. The molecule has 3 aromatic rings. The van der Waals surface area contributed by atoms with Gasteiger partial charge in [0.05, 0.1) is 19.0 Å². The first-order valence-corrected chi connectivity index (χ1v) is 12.9. The summed E-state index contributed by atoms with van der Waals surface area (Å²) in [4.78, 5) is 3.38. The Morgan fingerprint density at radius 1 is 0.919 bits per heavy atom. The van der Waals surface area contributed by atoms with Gasteiger partial charge in [0.2, 0.25) is 0 Å². The summed E-state index contributed by atoms with van der Waals surface area (Å²) in [6.07, 6.45) is 4.16. The minimum absolute atomic E-state index is 0.273. The summed E-state index contributed by atoms with van der Waals surface area (Å²) in [5.41, 5.74) is 4.98. The quantitative estimate of drug-likeness (QED) is 0.154. The van der Waals surface area contributed by atoms with Gasteiger partial charge in [-0.3, -0.25) is 0 Å². The molecule has 8 heteroatoms. The largest absolute Gasteiger partial charge is 0.497 e. The number of piperidine rings is 1. The highest BCUT2D eigenvalue weighted by Crippen LogP contribution is 2.32. The Hall–Kier alpha value is -3.49. The summed E-state index contributed by atoms with van der Waals surface area (Å²) < 4.78 is 36.7. The van der Waals surface area contributed by atoms with Crippen LogP contribution in [0.5, 0.6) is 5.75 Å². The van der Waals surface area contributed by atoms with Gasteiger partial charge in [-0.2, -0.15) is 5.10 Å². The molecule has 4 rings (SSSR count). The average molecular weight is 521 g/mol. The summed E-state index contributed by atoms with van der Waals surface area (Å²) in [5, 5.41) is 3.90. The number of hydrogen-bond donors (Lipinski definition) is 1. The van der Waals surface area contributed by atoms with E-state index in [1.54, 1.807) is 37.6 Å². The van der Waals surface area contributed by atoms with Gasteiger partial charge in [0, 0.05) is 42.9 Å². The zero-order chi connectivity index (χ0) is 26.0. The fraction of sp³-hybridized carbons (Fsp3) is 0.241. The molecule has 1 saturated heterocycles. The molecule has 1 fully saturated rings. The molecule has 0 atom stereocenters. The summed E-state index contributed by atoms with van der Waals surface area (Å²) in [5.74, 6) is 5.87. The second-order valence-corrected chi connectivity index (χ2v) is 9.57. The third-order valence-electron chi connectivity index (χ3n) is 6.35. The van der Waals surface area contributed by atoms with Gasteiger partial charge in [-0.1, -0.05) is 29.8 Å². The fourth-order valence-corrected chi connectivity index (χ4v) is 4.88. The van der Waals surface area contributed by atoms with Crippen LogP contribution in [-0.2, 0) is 0 Å². The van der Waals surface area contributed by atoms with Crippen LogP contribution in [0, 0.1) is 11.6 Å². The first-order chi connectivity index (χ1) is 18.1. The van der Waals surface area contributed by atoms with Crippen LogP contribution in [0.25, 0.3) is 5.57 Å². The van der Waals surface area contributed by atoms with Crippen molar-refractivity contribution in [3.8, 4) is 5.75 Å². The third kappa shape index (κ3) is 7.50. The minimum atomic E-state index is -0.273. The van der Waals surface area contributed by atoms with E-state index in [0.29, 0.717) is 6.42 Å². The maximum absolute atomic E-state index is 13.6.